The van der Waals surface area contributed by atoms with E-state index in [0.717, 1.165) is 12.5 Å². The molecule has 2 aromatic carbocycles. The minimum Gasteiger partial charge on any atom is -0.380 e. The lowest BCUT2D eigenvalue weighted by Crippen LogP contribution is -2.26. The van der Waals surface area contributed by atoms with Gasteiger partial charge in [0.1, 0.15) is 6.10 Å². The lowest BCUT2D eigenvalue weighted by molar-refractivity contribution is -0.137. The minimum atomic E-state index is -4.58. The first-order valence-corrected chi connectivity index (χ1v) is 8.73. The Labute approximate surface area is 160 Å². The zero-order valence-corrected chi connectivity index (χ0v) is 14.8. The Morgan fingerprint density at radius 3 is 2.75 bits per heavy atom. The number of hydrogen-bond donors (Lipinski definition) is 2. The number of carbonyl (C=O) groups excluding carboxylic acids is 1. The average Bonchev–Trinajstić information content (AvgIpc) is 3.21. The Morgan fingerprint density at radius 1 is 1.25 bits per heavy atom. The molecule has 1 amide bonds. The maximum atomic E-state index is 13.2. The van der Waals surface area contributed by atoms with Crippen molar-refractivity contribution in [3.63, 3.8) is 0 Å². The summed E-state index contributed by atoms with van der Waals surface area (Å²) < 4.78 is 45.0. The van der Waals surface area contributed by atoms with Crippen molar-refractivity contribution in [1.82, 2.24) is 0 Å². The van der Waals surface area contributed by atoms with Gasteiger partial charge in [0, 0.05) is 24.5 Å². The summed E-state index contributed by atoms with van der Waals surface area (Å²) in [6.45, 7) is 0.687. The molecule has 1 saturated heterocycles. The first-order valence-electron chi connectivity index (χ1n) is 8.73. The van der Waals surface area contributed by atoms with Crippen LogP contribution in [0.5, 0.6) is 0 Å². The van der Waals surface area contributed by atoms with E-state index in [1.165, 1.54) is 12.1 Å². The Kier molecular flexibility index (Phi) is 5.85. The topological polar surface area (TPSA) is 74.2 Å². The standard InChI is InChI=1S/C20H18F3N3O2/c21-20(22,23)16-10-13(11-24)6-7-17(16)25-12-14-3-1-4-15(9-14)26-19(27)18-5-2-8-28-18/h1,3-4,6-7,9-10,18,25H,2,5,8,12H2,(H,26,27). The molecule has 0 radical (unpaired) electrons. The number of amides is 1. The number of nitrogens with zero attached hydrogens (tertiary/aromatic N) is 1. The van der Waals surface area contributed by atoms with E-state index in [9.17, 15) is 18.0 Å². The summed E-state index contributed by atoms with van der Waals surface area (Å²) >= 11 is 0. The molecule has 1 fully saturated rings. The van der Waals surface area contributed by atoms with Crippen LogP contribution in [0.2, 0.25) is 0 Å². The van der Waals surface area contributed by atoms with Crippen molar-refractivity contribution in [3.05, 3.63) is 59.2 Å². The molecule has 0 aromatic heterocycles. The molecule has 146 valence electrons. The monoisotopic (exact) mass is 389 g/mol. The van der Waals surface area contributed by atoms with Gasteiger partial charge in [-0.3, -0.25) is 4.79 Å². The summed E-state index contributed by atoms with van der Waals surface area (Å²) in [7, 11) is 0. The first kappa shape index (κ1) is 19.7. The number of halogens is 3. The SMILES string of the molecule is N#Cc1ccc(NCc2cccc(NC(=O)C3CCCO3)c2)c(C(F)(F)F)c1. The molecule has 3 rings (SSSR count). The molecule has 1 aliphatic heterocycles. The van der Waals surface area contributed by atoms with Crippen molar-refractivity contribution < 1.29 is 22.7 Å². The number of nitrogens with one attached hydrogen (secondary N) is 2. The number of hydrogen-bond acceptors (Lipinski definition) is 4. The van der Waals surface area contributed by atoms with Crippen LogP contribution in [0.1, 0.15) is 29.5 Å². The Bertz CT molecular complexity index is 900. The van der Waals surface area contributed by atoms with E-state index in [-0.39, 0.29) is 23.7 Å². The summed E-state index contributed by atoms with van der Waals surface area (Å²) in [6, 6.07) is 12.0. The predicted molar refractivity (Wildman–Crippen MR) is 97.5 cm³/mol. The van der Waals surface area contributed by atoms with Gasteiger partial charge in [0.25, 0.3) is 5.91 Å². The van der Waals surface area contributed by atoms with Crippen LogP contribution in [0.3, 0.4) is 0 Å². The molecule has 28 heavy (non-hydrogen) atoms. The molecule has 5 nitrogen and oxygen atoms in total. The number of rotatable bonds is 5. The number of benzene rings is 2. The lowest BCUT2D eigenvalue weighted by Gasteiger charge is -2.15. The lowest BCUT2D eigenvalue weighted by atomic mass is 10.1. The smallest absolute Gasteiger partial charge is 0.380 e. The van der Waals surface area contributed by atoms with Crippen molar-refractivity contribution in [2.45, 2.75) is 31.7 Å². The van der Waals surface area contributed by atoms with Crippen molar-refractivity contribution in [2.75, 3.05) is 17.2 Å². The molecular weight excluding hydrogens is 371 g/mol. The van der Waals surface area contributed by atoms with Gasteiger partial charge in [0.05, 0.1) is 17.2 Å². The molecule has 0 spiro atoms. The summed E-state index contributed by atoms with van der Waals surface area (Å²) in [5.74, 6) is -0.228. The zero-order valence-electron chi connectivity index (χ0n) is 14.8. The van der Waals surface area contributed by atoms with Crippen LogP contribution in [0.25, 0.3) is 0 Å². The molecule has 2 aromatic rings. The molecule has 0 bridgehead atoms. The summed E-state index contributed by atoms with van der Waals surface area (Å²) in [5, 5.41) is 14.3. The average molecular weight is 389 g/mol. The number of anilines is 2. The molecule has 2 N–H and O–H groups in total. The molecule has 8 heteroatoms. The van der Waals surface area contributed by atoms with Gasteiger partial charge < -0.3 is 15.4 Å². The van der Waals surface area contributed by atoms with Crippen molar-refractivity contribution in [1.29, 1.82) is 5.26 Å². The van der Waals surface area contributed by atoms with Gasteiger partial charge in [0.15, 0.2) is 0 Å². The van der Waals surface area contributed by atoms with Crippen molar-refractivity contribution in [2.24, 2.45) is 0 Å². The van der Waals surface area contributed by atoms with E-state index in [4.69, 9.17) is 10.00 Å². The summed E-state index contributed by atoms with van der Waals surface area (Å²) in [4.78, 5) is 12.1. The number of ether oxygens (including phenoxy) is 1. The second-order valence-electron chi connectivity index (χ2n) is 6.41. The summed E-state index contributed by atoms with van der Waals surface area (Å²) in [5.41, 5.74) is 0.185. The van der Waals surface area contributed by atoms with Gasteiger partial charge in [-0.15, -0.1) is 0 Å². The molecule has 1 heterocycles. The number of nitriles is 1. The molecule has 1 atom stereocenters. The van der Waals surface area contributed by atoms with Crippen LogP contribution in [0, 0.1) is 11.3 Å². The molecule has 1 aliphatic rings. The van der Waals surface area contributed by atoms with Gasteiger partial charge in [-0.1, -0.05) is 12.1 Å². The fourth-order valence-electron chi connectivity index (χ4n) is 2.97. The normalized spacial score (nSPS) is 16.4. The molecule has 0 aliphatic carbocycles. The highest BCUT2D eigenvalue weighted by Crippen LogP contribution is 2.35. The summed E-state index contributed by atoms with van der Waals surface area (Å²) in [6.07, 6.45) is -3.53. The molecular formula is C20H18F3N3O2. The van der Waals surface area contributed by atoms with Crippen LogP contribution in [-0.2, 0) is 22.3 Å². The van der Waals surface area contributed by atoms with E-state index in [2.05, 4.69) is 10.6 Å². The van der Waals surface area contributed by atoms with Crippen LogP contribution >= 0.6 is 0 Å². The Hall–Kier alpha value is -3.05. The van der Waals surface area contributed by atoms with E-state index in [1.807, 2.05) is 0 Å². The van der Waals surface area contributed by atoms with Crippen LogP contribution in [-0.4, -0.2) is 18.6 Å². The second kappa shape index (κ2) is 8.31. The van der Waals surface area contributed by atoms with Crippen LogP contribution < -0.4 is 10.6 Å². The third-order valence-electron chi connectivity index (χ3n) is 4.35. The first-order chi connectivity index (χ1) is 13.4. The fraction of sp³-hybridized carbons (Fsp3) is 0.300. The highest BCUT2D eigenvalue weighted by atomic mass is 19.4. The zero-order chi connectivity index (χ0) is 20.1. The third kappa shape index (κ3) is 4.81. The highest BCUT2D eigenvalue weighted by Gasteiger charge is 2.33. The van der Waals surface area contributed by atoms with E-state index in [1.54, 1.807) is 30.3 Å². The van der Waals surface area contributed by atoms with Gasteiger partial charge >= 0.3 is 6.18 Å². The van der Waals surface area contributed by atoms with Crippen LogP contribution in [0.4, 0.5) is 24.5 Å². The van der Waals surface area contributed by atoms with Gasteiger partial charge in [-0.2, -0.15) is 18.4 Å². The largest absolute Gasteiger partial charge is 0.418 e. The Balaban J connectivity index is 1.70. The minimum absolute atomic E-state index is 0.0586. The maximum Gasteiger partial charge on any atom is 0.418 e. The van der Waals surface area contributed by atoms with E-state index < -0.39 is 17.8 Å². The number of carbonyl (C=O) groups is 1. The van der Waals surface area contributed by atoms with E-state index in [0.29, 0.717) is 24.3 Å². The quantitative estimate of drug-likeness (QED) is 0.799. The highest BCUT2D eigenvalue weighted by molar-refractivity contribution is 5.94. The van der Waals surface area contributed by atoms with E-state index >= 15 is 0 Å². The van der Waals surface area contributed by atoms with Crippen molar-refractivity contribution >= 4 is 17.3 Å². The fourth-order valence-corrected chi connectivity index (χ4v) is 2.97. The molecule has 1 unspecified atom stereocenters. The second-order valence-corrected chi connectivity index (χ2v) is 6.41. The van der Waals surface area contributed by atoms with Gasteiger partial charge in [0.2, 0.25) is 0 Å². The maximum absolute atomic E-state index is 13.2. The van der Waals surface area contributed by atoms with Gasteiger partial charge in [-0.25, -0.2) is 0 Å². The predicted octanol–water partition coefficient (Wildman–Crippen LogP) is 4.31. The van der Waals surface area contributed by atoms with Crippen LogP contribution in [0.15, 0.2) is 42.5 Å². The Morgan fingerprint density at radius 2 is 2.07 bits per heavy atom. The molecule has 0 saturated carbocycles. The number of alkyl halides is 3. The van der Waals surface area contributed by atoms with Gasteiger partial charge in [-0.05, 0) is 48.7 Å². The van der Waals surface area contributed by atoms with Crippen molar-refractivity contribution in [3.8, 4) is 6.07 Å². The third-order valence-corrected chi connectivity index (χ3v) is 4.35.